The van der Waals surface area contributed by atoms with Gasteiger partial charge in [-0.25, -0.2) is 8.42 Å². The molecule has 0 spiro atoms. The smallest absolute Gasteiger partial charge is 0.229 e. The highest BCUT2D eigenvalue weighted by Crippen LogP contribution is 2.47. The van der Waals surface area contributed by atoms with Gasteiger partial charge in [0.2, 0.25) is 10.0 Å². The first-order valence-electron chi connectivity index (χ1n) is 5.24. The third-order valence-electron chi connectivity index (χ3n) is 3.02. The Morgan fingerprint density at radius 1 is 1.44 bits per heavy atom. The summed E-state index contributed by atoms with van der Waals surface area (Å²) in [6.45, 7) is 0.620. The lowest BCUT2D eigenvalue weighted by Gasteiger charge is -2.14. The van der Waals surface area contributed by atoms with Crippen LogP contribution in [0.2, 0.25) is 0 Å². The summed E-state index contributed by atoms with van der Waals surface area (Å²) in [5.41, 5.74) is 7.57. The third kappa shape index (κ3) is 2.36. The quantitative estimate of drug-likeness (QED) is 0.826. The summed E-state index contributed by atoms with van der Waals surface area (Å²) in [4.78, 5) is 0. The predicted molar refractivity (Wildman–Crippen MR) is 64.9 cm³/mol. The number of sulfonamides is 1. The van der Waals surface area contributed by atoms with Gasteiger partial charge >= 0.3 is 0 Å². The van der Waals surface area contributed by atoms with Crippen molar-refractivity contribution in [2.24, 2.45) is 5.73 Å². The molecule has 1 aromatic rings. The van der Waals surface area contributed by atoms with Gasteiger partial charge < -0.3 is 5.73 Å². The van der Waals surface area contributed by atoms with Crippen LogP contribution in [0.1, 0.15) is 18.4 Å². The predicted octanol–water partition coefficient (Wildman–Crippen LogP) is 1.05. The molecule has 0 unspecified atom stereocenters. The average molecular weight is 240 g/mol. The van der Waals surface area contributed by atoms with Crippen LogP contribution in [0.15, 0.2) is 24.3 Å². The first-order valence-corrected chi connectivity index (χ1v) is 7.13. The summed E-state index contributed by atoms with van der Waals surface area (Å²) in [6, 6.07) is 7.49. The highest BCUT2D eigenvalue weighted by Gasteiger charge is 2.42. The van der Waals surface area contributed by atoms with Crippen LogP contribution in [0.4, 0.5) is 5.69 Å². The van der Waals surface area contributed by atoms with E-state index in [1.165, 1.54) is 0 Å². The van der Waals surface area contributed by atoms with Crippen LogP contribution in [0, 0.1) is 0 Å². The van der Waals surface area contributed by atoms with Gasteiger partial charge in [-0.15, -0.1) is 0 Å². The van der Waals surface area contributed by atoms with Gasteiger partial charge in [0.05, 0.1) is 6.26 Å². The summed E-state index contributed by atoms with van der Waals surface area (Å²) in [5, 5.41) is 0. The summed E-state index contributed by atoms with van der Waals surface area (Å²) in [6.07, 6.45) is 3.33. The van der Waals surface area contributed by atoms with E-state index >= 15 is 0 Å². The molecule has 0 amide bonds. The highest BCUT2D eigenvalue weighted by molar-refractivity contribution is 7.92. The molecule has 5 heteroatoms. The minimum absolute atomic E-state index is 0.0925. The Bertz CT molecular complexity index is 492. The van der Waals surface area contributed by atoms with Crippen LogP contribution >= 0.6 is 0 Å². The first-order chi connectivity index (χ1) is 7.45. The maximum atomic E-state index is 11.1. The molecule has 2 rings (SSSR count). The Morgan fingerprint density at radius 2 is 2.12 bits per heavy atom. The molecule has 4 nitrogen and oxygen atoms in total. The van der Waals surface area contributed by atoms with Crippen LogP contribution in [-0.4, -0.2) is 21.2 Å². The lowest BCUT2D eigenvalue weighted by atomic mass is 9.96. The number of anilines is 1. The Labute approximate surface area is 95.9 Å². The molecule has 0 atom stereocenters. The third-order valence-corrected chi connectivity index (χ3v) is 3.63. The number of hydrogen-bond acceptors (Lipinski definition) is 3. The number of hydrogen-bond donors (Lipinski definition) is 2. The van der Waals surface area contributed by atoms with Crippen molar-refractivity contribution < 1.29 is 8.42 Å². The molecule has 1 aliphatic rings. The van der Waals surface area contributed by atoms with Gasteiger partial charge in [0.25, 0.3) is 0 Å². The molecule has 16 heavy (non-hydrogen) atoms. The van der Waals surface area contributed by atoms with E-state index in [1.807, 2.05) is 18.2 Å². The van der Waals surface area contributed by atoms with Gasteiger partial charge in [0.15, 0.2) is 0 Å². The topological polar surface area (TPSA) is 72.2 Å². The molecular formula is C11H16N2O2S. The van der Waals surface area contributed by atoms with Crippen molar-refractivity contribution in [3.8, 4) is 0 Å². The first kappa shape index (κ1) is 11.4. The molecule has 0 bridgehead atoms. The second-order valence-electron chi connectivity index (χ2n) is 4.44. The number of nitrogens with two attached hydrogens (primary N) is 1. The minimum Gasteiger partial charge on any atom is -0.330 e. The van der Waals surface area contributed by atoms with Crippen LogP contribution in [-0.2, 0) is 15.4 Å². The lowest BCUT2D eigenvalue weighted by molar-refractivity contribution is 0.607. The summed E-state index contributed by atoms with van der Waals surface area (Å²) >= 11 is 0. The van der Waals surface area contributed by atoms with Gasteiger partial charge in [-0.3, -0.25) is 4.72 Å². The normalized spacial score (nSPS) is 18.1. The Balaban J connectivity index is 2.27. The van der Waals surface area contributed by atoms with E-state index in [0.29, 0.717) is 12.2 Å². The molecule has 1 fully saturated rings. The van der Waals surface area contributed by atoms with Crippen molar-refractivity contribution in [3.63, 3.8) is 0 Å². The van der Waals surface area contributed by atoms with Gasteiger partial charge in [-0.05, 0) is 30.5 Å². The second-order valence-corrected chi connectivity index (χ2v) is 6.19. The molecule has 3 N–H and O–H groups in total. The minimum atomic E-state index is -3.21. The second kappa shape index (κ2) is 3.75. The van der Waals surface area contributed by atoms with E-state index in [-0.39, 0.29) is 5.41 Å². The molecule has 0 aliphatic heterocycles. The monoisotopic (exact) mass is 240 g/mol. The molecular weight excluding hydrogens is 224 g/mol. The van der Waals surface area contributed by atoms with E-state index in [2.05, 4.69) is 4.72 Å². The van der Waals surface area contributed by atoms with Crippen LogP contribution in [0.25, 0.3) is 0 Å². The van der Waals surface area contributed by atoms with Crippen molar-refractivity contribution in [2.75, 3.05) is 17.5 Å². The van der Waals surface area contributed by atoms with E-state index in [0.717, 1.165) is 24.7 Å². The summed E-state index contributed by atoms with van der Waals surface area (Å²) in [5.74, 6) is 0. The van der Waals surface area contributed by atoms with E-state index in [4.69, 9.17) is 5.73 Å². The van der Waals surface area contributed by atoms with Crippen molar-refractivity contribution in [2.45, 2.75) is 18.3 Å². The van der Waals surface area contributed by atoms with E-state index < -0.39 is 10.0 Å². The maximum Gasteiger partial charge on any atom is 0.229 e. The largest absolute Gasteiger partial charge is 0.330 e. The highest BCUT2D eigenvalue weighted by atomic mass is 32.2. The molecule has 88 valence electrons. The molecule has 0 radical (unpaired) electrons. The fourth-order valence-electron chi connectivity index (χ4n) is 1.89. The van der Waals surface area contributed by atoms with Crippen LogP contribution in [0.5, 0.6) is 0 Å². The Kier molecular flexibility index (Phi) is 2.67. The maximum absolute atomic E-state index is 11.1. The molecule has 1 saturated carbocycles. The van der Waals surface area contributed by atoms with E-state index in [1.54, 1.807) is 6.07 Å². The number of rotatable bonds is 4. The zero-order valence-electron chi connectivity index (χ0n) is 9.23. The number of nitrogens with one attached hydrogen (secondary N) is 1. The van der Waals surface area contributed by atoms with Crippen molar-refractivity contribution in [1.29, 1.82) is 0 Å². The molecule has 0 saturated heterocycles. The summed E-state index contributed by atoms with van der Waals surface area (Å²) < 4.78 is 24.7. The zero-order valence-corrected chi connectivity index (χ0v) is 10.0. The fraction of sp³-hybridized carbons (Fsp3) is 0.455. The van der Waals surface area contributed by atoms with Crippen molar-refractivity contribution in [3.05, 3.63) is 29.8 Å². The number of benzene rings is 1. The van der Waals surface area contributed by atoms with Crippen molar-refractivity contribution >= 4 is 15.7 Å². The van der Waals surface area contributed by atoms with Crippen LogP contribution in [0.3, 0.4) is 0 Å². The molecule has 0 aromatic heterocycles. The van der Waals surface area contributed by atoms with Crippen LogP contribution < -0.4 is 10.5 Å². The SMILES string of the molecule is CS(=O)(=O)Nc1cccc(C2(CN)CC2)c1. The van der Waals surface area contributed by atoms with Gasteiger partial charge in [-0.2, -0.15) is 0 Å². The van der Waals surface area contributed by atoms with Gasteiger partial charge in [0, 0.05) is 17.6 Å². The van der Waals surface area contributed by atoms with E-state index in [9.17, 15) is 8.42 Å². The standard InChI is InChI=1S/C11H16N2O2S/c1-16(14,15)13-10-4-2-3-9(7-10)11(8-12)5-6-11/h2-4,7,13H,5-6,8,12H2,1H3. The van der Waals surface area contributed by atoms with Crippen molar-refractivity contribution in [1.82, 2.24) is 0 Å². The zero-order chi connectivity index (χ0) is 11.8. The lowest BCUT2D eigenvalue weighted by Crippen LogP contribution is -2.20. The fourth-order valence-corrected chi connectivity index (χ4v) is 2.44. The van der Waals surface area contributed by atoms with Gasteiger partial charge in [0.1, 0.15) is 0 Å². The summed E-state index contributed by atoms with van der Waals surface area (Å²) in [7, 11) is -3.21. The molecule has 1 aliphatic carbocycles. The molecule has 0 heterocycles. The van der Waals surface area contributed by atoms with Gasteiger partial charge in [-0.1, -0.05) is 12.1 Å². The molecule has 1 aromatic carbocycles. The average Bonchev–Trinajstić information content (AvgIpc) is 2.96. The Morgan fingerprint density at radius 3 is 2.62 bits per heavy atom. The Hall–Kier alpha value is -1.07.